The first kappa shape index (κ1) is 18.8. The van der Waals surface area contributed by atoms with Gasteiger partial charge in [0.05, 0.1) is 24.0 Å². The van der Waals surface area contributed by atoms with Crippen molar-refractivity contribution in [1.29, 1.82) is 0 Å². The van der Waals surface area contributed by atoms with E-state index in [1.54, 1.807) is 42.5 Å². The van der Waals surface area contributed by atoms with Gasteiger partial charge in [0.25, 0.3) is 0 Å². The second kappa shape index (κ2) is 9.08. The smallest absolute Gasteiger partial charge is 0.312 e. The lowest BCUT2D eigenvalue weighted by molar-refractivity contribution is -0.138. The predicted molar refractivity (Wildman–Crippen MR) is 96.2 cm³/mol. The summed E-state index contributed by atoms with van der Waals surface area (Å²) < 4.78 is 5.50. The fourth-order valence-corrected chi connectivity index (χ4v) is 2.73. The Bertz CT molecular complexity index is 733. The van der Waals surface area contributed by atoms with Gasteiger partial charge in [-0.3, -0.25) is 9.59 Å². The SMILES string of the molecule is CCOc1c(Cl)cccc1CC(=O)NCC(C(=O)O)c1ccccc1. The summed E-state index contributed by atoms with van der Waals surface area (Å²) in [5.41, 5.74) is 1.31. The van der Waals surface area contributed by atoms with Gasteiger partial charge < -0.3 is 15.2 Å². The quantitative estimate of drug-likeness (QED) is 0.756. The normalized spacial score (nSPS) is 11.6. The van der Waals surface area contributed by atoms with Gasteiger partial charge in [-0.05, 0) is 18.6 Å². The Morgan fingerprint density at radius 3 is 2.52 bits per heavy atom. The predicted octanol–water partition coefficient (Wildman–Crippen LogP) is 3.27. The number of nitrogens with one attached hydrogen (secondary N) is 1. The topological polar surface area (TPSA) is 75.6 Å². The van der Waals surface area contributed by atoms with E-state index in [0.29, 0.717) is 28.5 Å². The molecule has 2 rings (SSSR count). The maximum absolute atomic E-state index is 12.2. The Balaban J connectivity index is 2.03. The zero-order chi connectivity index (χ0) is 18.2. The van der Waals surface area contributed by atoms with Crippen LogP contribution < -0.4 is 10.1 Å². The first-order chi connectivity index (χ1) is 12.0. The molecule has 0 spiro atoms. The summed E-state index contributed by atoms with van der Waals surface area (Å²) >= 11 is 6.11. The van der Waals surface area contributed by atoms with Gasteiger partial charge in [-0.1, -0.05) is 54.1 Å². The maximum Gasteiger partial charge on any atom is 0.312 e. The number of carbonyl (C=O) groups is 2. The van der Waals surface area contributed by atoms with E-state index in [1.165, 1.54) is 0 Å². The number of carbonyl (C=O) groups excluding carboxylic acids is 1. The van der Waals surface area contributed by atoms with Gasteiger partial charge in [-0.15, -0.1) is 0 Å². The number of aliphatic carboxylic acids is 1. The van der Waals surface area contributed by atoms with Crippen molar-refractivity contribution in [2.24, 2.45) is 0 Å². The van der Waals surface area contributed by atoms with E-state index in [1.807, 2.05) is 13.0 Å². The zero-order valence-electron chi connectivity index (χ0n) is 13.9. The Hall–Kier alpha value is -2.53. The summed E-state index contributed by atoms with van der Waals surface area (Å²) in [6.07, 6.45) is 0.0665. The number of para-hydroxylation sites is 1. The highest BCUT2D eigenvalue weighted by Gasteiger charge is 2.21. The number of carboxylic acid groups (broad SMARTS) is 1. The van der Waals surface area contributed by atoms with Gasteiger partial charge in [0.1, 0.15) is 5.75 Å². The van der Waals surface area contributed by atoms with Crippen molar-refractivity contribution in [2.45, 2.75) is 19.3 Å². The molecule has 132 valence electrons. The number of hydrogen-bond donors (Lipinski definition) is 2. The molecule has 2 aromatic rings. The van der Waals surface area contributed by atoms with Gasteiger partial charge in [0, 0.05) is 12.1 Å². The number of ether oxygens (including phenoxy) is 1. The molecule has 25 heavy (non-hydrogen) atoms. The number of hydrogen-bond acceptors (Lipinski definition) is 3. The molecule has 0 heterocycles. The third kappa shape index (κ3) is 5.22. The average molecular weight is 362 g/mol. The third-order valence-corrected chi connectivity index (χ3v) is 3.99. The van der Waals surface area contributed by atoms with Crippen molar-refractivity contribution in [1.82, 2.24) is 5.32 Å². The van der Waals surface area contributed by atoms with Crippen molar-refractivity contribution in [3.63, 3.8) is 0 Å². The van der Waals surface area contributed by atoms with E-state index in [2.05, 4.69) is 5.32 Å². The van der Waals surface area contributed by atoms with Crippen molar-refractivity contribution < 1.29 is 19.4 Å². The standard InChI is InChI=1S/C19H20ClNO4/c1-2-25-18-14(9-6-10-16(18)20)11-17(22)21-12-15(19(23)24)13-7-4-3-5-8-13/h3-10,15H,2,11-12H2,1H3,(H,21,22)(H,23,24). The van der Waals surface area contributed by atoms with Crippen LogP contribution in [0.4, 0.5) is 0 Å². The Morgan fingerprint density at radius 1 is 1.16 bits per heavy atom. The fraction of sp³-hybridized carbons (Fsp3) is 0.263. The van der Waals surface area contributed by atoms with Gasteiger partial charge in [-0.2, -0.15) is 0 Å². The van der Waals surface area contributed by atoms with Crippen LogP contribution in [-0.4, -0.2) is 30.1 Å². The van der Waals surface area contributed by atoms with Crippen LogP contribution in [0.1, 0.15) is 24.0 Å². The minimum absolute atomic E-state index is 0.0166. The lowest BCUT2D eigenvalue weighted by atomic mass is 9.99. The Labute approximate surface area is 151 Å². The van der Waals surface area contributed by atoms with Crippen LogP contribution in [0.5, 0.6) is 5.75 Å². The van der Waals surface area contributed by atoms with Gasteiger partial charge in [0.2, 0.25) is 5.91 Å². The molecule has 2 N–H and O–H groups in total. The summed E-state index contributed by atoms with van der Waals surface area (Å²) in [5.74, 6) is -1.58. The molecule has 0 radical (unpaired) electrons. The highest BCUT2D eigenvalue weighted by molar-refractivity contribution is 6.32. The van der Waals surface area contributed by atoms with Crippen LogP contribution >= 0.6 is 11.6 Å². The Morgan fingerprint density at radius 2 is 1.88 bits per heavy atom. The third-order valence-electron chi connectivity index (χ3n) is 3.69. The molecule has 1 amide bonds. The molecule has 1 unspecified atom stereocenters. The van der Waals surface area contributed by atoms with Crippen LogP contribution in [0.2, 0.25) is 5.02 Å². The van der Waals surface area contributed by atoms with Crippen molar-refractivity contribution >= 4 is 23.5 Å². The second-order valence-electron chi connectivity index (χ2n) is 5.44. The molecular formula is C19H20ClNO4. The van der Waals surface area contributed by atoms with E-state index in [0.717, 1.165) is 0 Å². The van der Waals surface area contributed by atoms with Gasteiger partial charge in [-0.25, -0.2) is 0 Å². The minimum Gasteiger partial charge on any atom is -0.492 e. The van der Waals surface area contributed by atoms with Crippen molar-refractivity contribution in [2.75, 3.05) is 13.2 Å². The molecule has 0 aliphatic heterocycles. The molecule has 0 fully saturated rings. The van der Waals surface area contributed by atoms with E-state index >= 15 is 0 Å². The van der Waals surface area contributed by atoms with Crippen molar-refractivity contribution in [3.8, 4) is 5.75 Å². The summed E-state index contributed by atoms with van der Waals surface area (Å²) in [6, 6.07) is 14.0. The molecule has 0 bridgehead atoms. The van der Waals surface area contributed by atoms with Crippen LogP contribution in [0.15, 0.2) is 48.5 Å². The second-order valence-corrected chi connectivity index (χ2v) is 5.85. The van der Waals surface area contributed by atoms with E-state index in [4.69, 9.17) is 16.3 Å². The summed E-state index contributed by atoms with van der Waals surface area (Å²) in [4.78, 5) is 23.7. The van der Waals surface area contributed by atoms with Gasteiger partial charge >= 0.3 is 5.97 Å². The summed E-state index contributed by atoms with van der Waals surface area (Å²) in [6.45, 7) is 2.29. The van der Waals surface area contributed by atoms with Gasteiger partial charge in [0.15, 0.2) is 0 Å². The van der Waals surface area contributed by atoms with Crippen LogP contribution in [0.25, 0.3) is 0 Å². The lowest BCUT2D eigenvalue weighted by Gasteiger charge is -2.15. The monoisotopic (exact) mass is 361 g/mol. The molecule has 0 aromatic heterocycles. The number of rotatable bonds is 8. The first-order valence-electron chi connectivity index (χ1n) is 7.97. The molecule has 2 aromatic carbocycles. The number of amides is 1. The molecule has 0 aliphatic carbocycles. The molecule has 5 nitrogen and oxygen atoms in total. The summed E-state index contributed by atoms with van der Waals surface area (Å²) in [5, 5.41) is 12.5. The largest absolute Gasteiger partial charge is 0.492 e. The average Bonchev–Trinajstić information content (AvgIpc) is 2.59. The number of carboxylic acids is 1. The minimum atomic E-state index is -0.982. The van der Waals surface area contributed by atoms with Crippen LogP contribution in [-0.2, 0) is 16.0 Å². The lowest BCUT2D eigenvalue weighted by Crippen LogP contribution is -2.32. The highest BCUT2D eigenvalue weighted by atomic mass is 35.5. The van der Waals surface area contributed by atoms with E-state index in [9.17, 15) is 14.7 Å². The Kier molecular flexibility index (Phi) is 6.83. The molecule has 0 aliphatic rings. The molecule has 0 saturated carbocycles. The highest BCUT2D eigenvalue weighted by Crippen LogP contribution is 2.29. The van der Waals surface area contributed by atoms with Crippen molar-refractivity contribution in [3.05, 3.63) is 64.7 Å². The molecule has 0 saturated heterocycles. The summed E-state index contributed by atoms with van der Waals surface area (Å²) in [7, 11) is 0. The van der Waals surface area contributed by atoms with E-state index in [-0.39, 0.29) is 18.9 Å². The van der Waals surface area contributed by atoms with Crippen LogP contribution in [0, 0.1) is 0 Å². The fourth-order valence-electron chi connectivity index (χ4n) is 2.48. The van der Waals surface area contributed by atoms with E-state index < -0.39 is 11.9 Å². The first-order valence-corrected chi connectivity index (χ1v) is 8.35. The molecule has 6 heteroatoms. The van der Waals surface area contributed by atoms with Crippen LogP contribution in [0.3, 0.4) is 0 Å². The molecular weight excluding hydrogens is 342 g/mol. The number of halogens is 1. The number of benzene rings is 2. The molecule has 1 atom stereocenters. The maximum atomic E-state index is 12.2. The zero-order valence-corrected chi connectivity index (χ0v) is 14.6.